The van der Waals surface area contributed by atoms with Gasteiger partial charge < -0.3 is 15.8 Å². The summed E-state index contributed by atoms with van der Waals surface area (Å²) in [6, 6.07) is 24.1. The Morgan fingerprint density at radius 1 is 0.962 bits per heavy atom. The van der Waals surface area contributed by atoms with E-state index >= 15 is 0 Å². The minimum Gasteiger partial charge on any atom is -0.497 e. The number of anilines is 3. The smallest absolute Gasteiger partial charge is 0.326 e. The van der Waals surface area contributed by atoms with Crippen LogP contribution in [0.3, 0.4) is 0 Å². The van der Waals surface area contributed by atoms with Gasteiger partial charge in [-0.2, -0.15) is 0 Å². The molecule has 0 bridgehead atoms. The number of carbonyl (C=O) groups excluding carboxylic acids is 1. The summed E-state index contributed by atoms with van der Waals surface area (Å²) in [6.45, 7) is 0.397. The summed E-state index contributed by atoms with van der Waals surface area (Å²) in [5.41, 5.74) is 8.91. The fourth-order valence-electron chi connectivity index (χ4n) is 2.62. The number of nitrogens with one attached hydrogen (secondary N) is 1. The van der Waals surface area contributed by atoms with E-state index in [1.807, 2.05) is 66.7 Å². The number of rotatable bonds is 5. The van der Waals surface area contributed by atoms with Crippen LogP contribution in [-0.2, 0) is 6.54 Å². The number of nitrogen functional groups attached to an aromatic ring is 1. The summed E-state index contributed by atoms with van der Waals surface area (Å²) in [5, 5.41) is 2.96. The van der Waals surface area contributed by atoms with Crippen LogP contribution in [0.4, 0.5) is 21.9 Å². The maximum atomic E-state index is 12.9. The number of hydrogen-bond donors (Lipinski definition) is 2. The Morgan fingerprint density at radius 2 is 1.65 bits per heavy atom. The molecule has 5 heteroatoms. The molecule has 3 rings (SSSR count). The first kappa shape index (κ1) is 17.4. The predicted octanol–water partition coefficient (Wildman–Crippen LogP) is 4.33. The Kier molecular flexibility index (Phi) is 5.39. The topological polar surface area (TPSA) is 67.6 Å². The summed E-state index contributed by atoms with van der Waals surface area (Å²) in [5.74, 6) is 0.759. The van der Waals surface area contributed by atoms with E-state index in [1.165, 1.54) is 0 Å². The highest BCUT2D eigenvalue weighted by Crippen LogP contribution is 2.26. The number of ether oxygens (including phenoxy) is 1. The van der Waals surface area contributed by atoms with Crippen LogP contribution >= 0.6 is 0 Å². The van der Waals surface area contributed by atoms with Crippen LogP contribution in [0.2, 0.25) is 0 Å². The molecule has 26 heavy (non-hydrogen) atoms. The Bertz CT molecular complexity index is 864. The maximum absolute atomic E-state index is 12.9. The van der Waals surface area contributed by atoms with Crippen molar-refractivity contribution < 1.29 is 9.53 Å². The Labute approximate surface area is 153 Å². The lowest BCUT2D eigenvalue weighted by atomic mass is 10.2. The molecule has 0 heterocycles. The third-order valence-electron chi connectivity index (χ3n) is 3.95. The Balaban J connectivity index is 1.82. The molecule has 0 fully saturated rings. The van der Waals surface area contributed by atoms with Crippen molar-refractivity contribution in [3.8, 4) is 5.75 Å². The average Bonchev–Trinajstić information content (AvgIpc) is 2.69. The van der Waals surface area contributed by atoms with Gasteiger partial charge in [-0.1, -0.05) is 30.3 Å². The van der Waals surface area contributed by atoms with Crippen molar-refractivity contribution in [1.29, 1.82) is 0 Å². The van der Waals surface area contributed by atoms with Gasteiger partial charge in [0.15, 0.2) is 0 Å². The van der Waals surface area contributed by atoms with Crippen molar-refractivity contribution in [2.24, 2.45) is 0 Å². The molecule has 0 atom stereocenters. The highest BCUT2D eigenvalue weighted by molar-refractivity contribution is 5.99. The van der Waals surface area contributed by atoms with Crippen LogP contribution in [-0.4, -0.2) is 13.1 Å². The first-order valence-corrected chi connectivity index (χ1v) is 8.29. The van der Waals surface area contributed by atoms with E-state index in [0.29, 0.717) is 12.2 Å². The average molecular weight is 347 g/mol. The molecule has 2 amide bonds. The number of amides is 2. The second-order valence-electron chi connectivity index (χ2n) is 5.77. The van der Waals surface area contributed by atoms with E-state index in [1.54, 1.807) is 24.1 Å². The molecule has 0 saturated carbocycles. The molecule has 3 aromatic carbocycles. The molecule has 0 saturated heterocycles. The molecule has 0 aliphatic rings. The van der Waals surface area contributed by atoms with Crippen molar-refractivity contribution in [3.63, 3.8) is 0 Å². The van der Waals surface area contributed by atoms with Gasteiger partial charge in [-0.3, -0.25) is 4.90 Å². The number of hydrogen-bond acceptors (Lipinski definition) is 3. The highest BCUT2D eigenvalue weighted by Gasteiger charge is 2.17. The summed E-state index contributed by atoms with van der Waals surface area (Å²) < 4.78 is 5.22. The molecule has 3 aromatic rings. The van der Waals surface area contributed by atoms with E-state index in [2.05, 4.69) is 5.32 Å². The van der Waals surface area contributed by atoms with Crippen LogP contribution in [0, 0.1) is 0 Å². The number of methoxy groups -OCH3 is 1. The van der Waals surface area contributed by atoms with Gasteiger partial charge in [-0.25, -0.2) is 4.79 Å². The fourth-order valence-corrected chi connectivity index (χ4v) is 2.62. The van der Waals surface area contributed by atoms with Crippen molar-refractivity contribution >= 4 is 23.1 Å². The lowest BCUT2D eigenvalue weighted by Gasteiger charge is -2.23. The SMILES string of the molecule is COc1cccc(CNC(=O)N(c2ccccc2)c2ccc(N)cc2)c1. The van der Waals surface area contributed by atoms with Crippen molar-refractivity contribution in [1.82, 2.24) is 5.32 Å². The van der Waals surface area contributed by atoms with Gasteiger partial charge in [0.25, 0.3) is 0 Å². The standard InChI is InChI=1S/C21H21N3O2/c1-26-20-9-5-6-16(14-20)15-23-21(25)24(18-7-3-2-4-8-18)19-12-10-17(22)11-13-19/h2-14H,15,22H2,1H3,(H,23,25). The summed E-state index contributed by atoms with van der Waals surface area (Å²) >= 11 is 0. The number of nitrogens with two attached hydrogens (primary N) is 1. The van der Waals surface area contributed by atoms with Gasteiger partial charge in [0.2, 0.25) is 0 Å². The maximum Gasteiger partial charge on any atom is 0.326 e. The van der Waals surface area contributed by atoms with Crippen LogP contribution in [0.15, 0.2) is 78.9 Å². The van der Waals surface area contributed by atoms with Gasteiger partial charge in [-0.15, -0.1) is 0 Å². The third kappa shape index (κ3) is 4.13. The molecule has 0 aliphatic heterocycles. The molecule has 3 N–H and O–H groups in total. The van der Waals surface area contributed by atoms with Crippen LogP contribution in [0.5, 0.6) is 5.75 Å². The first-order chi connectivity index (χ1) is 12.7. The normalized spacial score (nSPS) is 10.2. The second kappa shape index (κ2) is 8.07. The lowest BCUT2D eigenvalue weighted by Crippen LogP contribution is -2.36. The zero-order valence-electron chi connectivity index (χ0n) is 14.6. The number of urea groups is 1. The van der Waals surface area contributed by atoms with Gasteiger partial charge in [-0.05, 0) is 54.1 Å². The molecular weight excluding hydrogens is 326 g/mol. The molecule has 0 radical (unpaired) electrons. The molecule has 0 aromatic heterocycles. The van der Waals surface area contributed by atoms with Crippen LogP contribution < -0.4 is 20.7 Å². The van der Waals surface area contributed by atoms with E-state index < -0.39 is 0 Å². The Morgan fingerprint density at radius 3 is 2.35 bits per heavy atom. The number of para-hydroxylation sites is 1. The molecule has 0 aliphatic carbocycles. The largest absolute Gasteiger partial charge is 0.497 e. The van der Waals surface area contributed by atoms with E-state index in [9.17, 15) is 4.79 Å². The summed E-state index contributed by atoms with van der Waals surface area (Å²) in [6.07, 6.45) is 0. The van der Waals surface area contributed by atoms with Gasteiger partial charge in [0.05, 0.1) is 18.5 Å². The second-order valence-corrected chi connectivity index (χ2v) is 5.77. The third-order valence-corrected chi connectivity index (χ3v) is 3.95. The Hall–Kier alpha value is -3.47. The quantitative estimate of drug-likeness (QED) is 0.675. The monoisotopic (exact) mass is 347 g/mol. The van der Waals surface area contributed by atoms with Crippen molar-refractivity contribution in [3.05, 3.63) is 84.4 Å². The predicted molar refractivity (Wildman–Crippen MR) is 105 cm³/mol. The highest BCUT2D eigenvalue weighted by atomic mass is 16.5. The minimum absolute atomic E-state index is 0.219. The summed E-state index contributed by atoms with van der Waals surface area (Å²) in [4.78, 5) is 14.5. The number of benzene rings is 3. The van der Waals surface area contributed by atoms with Crippen LogP contribution in [0.1, 0.15) is 5.56 Å². The minimum atomic E-state index is -0.219. The lowest BCUT2D eigenvalue weighted by molar-refractivity contribution is 0.248. The zero-order chi connectivity index (χ0) is 18.4. The fraction of sp³-hybridized carbons (Fsp3) is 0.0952. The van der Waals surface area contributed by atoms with Crippen LogP contribution in [0.25, 0.3) is 0 Å². The first-order valence-electron chi connectivity index (χ1n) is 8.29. The molecule has 5 nitrogen and oxygen atoms in total. The molecular formula is C21H21N3O2. The van der Waals surface area contributed by atoms with Gasteiger partial charge in [0.1, 0.15) is 5.75 Å². The number of nitrogens with zero attached hydrogens (tertiary/aromatic N) is 1. The van der Waals surface area contributed by atoms with Gasteiger partial charge >= 0.3 is 6.03 Å². The van der Waals surface area contributed by atoms with E-state index in [4.69, 9.17) is 10.5 Å². The molecule has 132 valence electrons. The summed E-state index contributed by atoms with van der Waals surface area (Å²) in [7, 11) is 1.62. The molecule has 0 unspecified atom stereocenters. The van der Waals surface area contributed by atoms with Crippen molar-refractivity contribution in [2.75, 3.05) is 17.7 Å². The van der Waals surface area contributed by atoms with Gasteiger partial charge in [0, 0.05) is 12.2 Å². The number of carbonyl (C=O) groups is 1. The van der Waals surface area contributed by atoms with E-state index in [0.717, 1.165) is 22.7 Å². The van der Waals surface area contributed by atoms with E-state index in [-0.39, 0.29) is 6.03 Å². The molecule has 0 spiro atoms. The van der Waals surface area contributed by atoms with Crippen molar-refractivity contribution in [2.45, 2.75) is 6.54 Å². The zero-order valence-corrected chi connectivity index (χ0v) is 14.6.